The molecule has 1 aromatic heterocycles. The molecule has 70 valence electrons. The van der Waals surface area contributed by atoms with Gasteiger partial charge in [-0.1, -0.05) is 19.3 Å². The molecule has 0 radical (unpaired) electrons. The van der Waals surface area contributed by atoms with E-state index in [-0.39, 0.29) is 11.7 Å². The van der Waals surface area contributed by atoms with E-state index in [2.05, 4.69) is 4.98 Å². The lowest BCUT2D eigenvalue weighted by atomic mass is 9.86. The molecule has 13 heavy (non-hydrogen) atoms. The van der Waals surface area contributed by atoms with Gasteiger partial charge in [-0.25, -0.2) is 4.98 Å². The summed E-state index contributed by atoms with van der Waals surface area (Å²) in [6.07, 6.45) is 7.56. The average Bonchev–Trinajstić information content (AvgIpc) is 2.71. The zero-order valence-corrected chi connectivity index (χ0v) is 8.35. The molecule has 0 bridgehead atoms. The molecule has 1 fully saturated rings. The first-order chi connectivity index (χ1) is 6.38. The first-order valence-electron chi connectivity index (χ1n) is 4.81. The first-order valence-corrected chi connectivity index (χ1v) is 5.69. The van der Waals surface area contributed by atoms with Gasteiger partial charge in [0.25, 0.3) is 0 Å². The standard InChI is InChI=1S/C10H13NOS/c12-9(10-11-6-7-13-10)8-4-2-1-3-5-8/h6-8H,1-5H2. The fourth-order valence-corrected chi connectivity index (χ4v) is 2.54. The summed E-state index contributed by atoms with van der Waals surface area (Å²) in [4.78, 5) is 15.9. The van der Waals surface area contributed by atoms with E-state index >= 15 is 0 Å². The van der Waals surface area contributed by atoms with E-state index in [4.69, 9.17) is 0 Å². The second-order valence-electron chi connectivity index (χ2n) is 3.54. The van der Waals surface area contributed by atoms with Crippen molar-refractivity contribution in [2.45, 2.75) is 32.1 Å². The van der Waals surface area contributed by atoms with Crippen LogP contribution in [0, 0.1) is 5.92 Å². The van der Waals surface area contributed by atoms with Gasteiger partial charge in [0.15, 0.2) is 10.8 Å². The molecule has 0 amide bonds. The van der Waals surface area contributed by atoms with E-state index in [1.54, 1.807) is 6.20 Å². The van der Waals surface area contributed by atoms with Gasteiger partial charge in [0, 0.05) is 17.5 Å². The molecule has 1 aliphatic rings. The van der Waals surface area contributed by atoms with Crippen molar-refractivity contribution in [3.05, 3.63) is 16.6 Å². The highest BCUT2D eigenvalue weighted by Gasteiger charge is 2.23. The van der Waals surface area contributed by atoms with Crippen LogP contribution in [0.1, 0.15) is 41.9 Å². The number of thiazole rings is 1. The number of hydrogen-bond donors (Lipinski definition) is 0. The third-order valence-electron chi connectivity index (χ3n) is 2.62. The van der Waals surface area contributed by atoms with Crippen LogP contribution in [-0.2, 0) is 0 Å². The first kappa shape index (κ1) is 8.88. The molecule has 0 N–H and O–H groups in total. The average molecular weight is 195 g/mol. The molecule has 0 spiro atoms. The smallest absolute Gasteiger partial charge is 0.194 e. The molecule has 0 atom stereocenters. The molecule has 0 aliphatic heterocycles. The fourth-order valence-electron chi connectivity index (χ4n) is 1.88. The summed E-state index contributed by atoms with van der Waals surface area (Å²) in [5, 5.41) is 2.57. The molecular formula is C10H13NOS. The highest BCUT2D eigenvalue weighted by atomic mass is 32.1. The minimum Gasteiger partial charge on any atom is -0.291 e. The van der Waals surface area contributed by atoms with Crippen LogP contribution >= 0.6 is 11.3 Å². The molecule has 0 saturated heterocycles. The summed E-state index contributed by atoms with van der Waals surface area (Å²) in [7, 11) is 0. The van der Waals surface area contributed by atoms with Crippen molar-refractivity contribution in [2.24, 2.45) is 5.92 Å². The number of aromatic nitrogens is 1. The second-order valence-corrected chi connectivity index (χ2v) is 4.43. The monoisotopic (exact) mass is 195 g/mol. The van der Waals surface area contributed by atoms with Gasteiger partial charge in [-0.2, -0.15) is 0 Å². The largest absolute Gasteiger partial charge is 0.291 e. The number of carbonyl (C=O) groups excluding carboxylic acids is 1. The maximum atomic E-state index is 11.8. The Bertz CT molecular complexity index is 275. The summed E-state index contributed by atoms with van der Waals surface area (Å²) in [6, 6.07) is 0. The van der Waals surface area contributed by atoms with Crippen molar-refractivity contribution in [3.63, 3.8) is 0 Å². The Hall–Kier alpha value is -0.700. The number of nitrogens with zero attached hydrogens (tertiary/aromatic N) is 1. The van der Waals surface area contributed by atoms with Crippen molar-refractivity contribution in [1.82, 2.24) is 4.98 Å². The van der Waals surface area contributed by atoms with Crippen LogP contribution in [-0.4, -0.2) is 10.8 Å². The minimum absolute atomic E-state index is 0.264. The Morgan fingerprint density at radius 3 is 2.77 bits per heavy atom. The Morgan fingerprint density at radius 2 is 2.15 bits per heavy atom. The Balaban J connectivity index is 2.04. The van der Waals surface area contributed by atoms with E-state index in [0.29, 0.717) is 5.01 Å². The summed E-state index contributed by atoms with van der Waals surface area (Å²) in [5.41, 5.74) is 0. The maximum Gasteiger partial charge on any atom is 0.194 e. The maximum absolute atomic E-state index is 11.8. The van der Waals surface area contributed by atoms with Crippen molar-refractivity contribution in [1.29, 1.82) is 0 Å². The second kappa shape index (κ2) is 4.01. The number of rotatable bonds is 2. The van der Waals surface area contributed by atoms with E-state index in [1.165, 1.54) is 30.6 Å². The van der Waals surface area contributed by atoms with E-state index in [0.717, 1.165) is 12.8 Å². The van der Waals surface area contributed by atoms with Gasteiger partial charge in [-0.05, 0) is 12.8 Å². The Kier molecular flexibility index (Phi) is 2.74. The van der Waals surface area contributed by atoms with Crippen LogP contribution in [0.4, 0.5) is 0 Å². The Morgan fingerprint density at radius 1 is 1.38 bits per heavy atom. The highest BCUT2D eigenvalue weighted by Crippen LogP contribution is 2.27. The lowest BCUT2D eigenvalue weighted by Gasteiger charge is -2.18. The number of carbonyl (C=O) groups is 1. The quantitative estimate of drug-likeness (QED) is 0.679. The zero-order chi connectivity index (χ0) is 9.10. The van der Waals surface area contributed by atoms with Crippen LogP contribution < -0.4 is 0 Å². The minimum atomic E-state index is 0.264. The fraction of sp³-hybridized carbons (Fsp3) is 0.600. The predicted molar refractivity (Wildman–Crippen MR) is 53.0 cm³/mol. The van der Waals surface area contributed by atoms with Crippen LogP contribution in [0.5, 0.6) is 0 Å². The van der Waals surface area contributed by atoms with Crippen LogP contribution in [0.25, 0.3) is 0 Å². The molecule has 0 unspecified atom stereocenters. The molecular weight excluding hydrogens is 182 g/mol. The van der Waals surface area contributed by atoms with E-state index in [1.807, 2.05) is 5.38 Å². The van der Waals surface area contributed by atoms with Crippen molar-refractivity contribution in [2.75, 3.05) is 0 Å². The predicted octanol–water partition coefficient (Wildman–Crippen LogP) is 2.91. The van der Waals surface area contributed by atoms with Gasteiger partial charge in [0.1, 0.15) is 0 Å². The number of hydrogen-bond acceptors (Lipinski definition) is 3. The molecule has 2 rings (SSSR count). The van der Waals surface area contributed by atoms with E-state index < -0.39 is 0 Å². The topological polar surface area (TPSA) is 30.0 Å². The number of Topliss-reactive ketones (excluding diaryl/α,β-unsaturated/α-hetero) is 1. The molecule has 0 aromatic carbocycles. The summed E-state index contributed by atoms with van der Waals surface area (Å²) >= 11 is 1.46. The van der Waals surface area contributed by atoms with E-state index in [9.17, 15) is 4.79 Å². The third-order valence-corrected chi connectivity index (χ3v) is 3.41. The lowest BCUT2D eigenvalue weighted by molar-refractivity contribution is 0.0889. The highest BCUT2D eigenvalue weighted by molar-refractivity contribution is 7.11. The SMILES string of the molecule is O=C(c1nccs1)C1CCCCC1. The Labute approximate surface area is 82.0 Å². The third kappa shape index (κ3) is 1.97. The van der Waals surface area contributed by atoms with Gasteiger partial charge >= 0.3 is 0 Å². The van der Waals surface area contributed by atoms with Gasteiger partial charge in [0.05, 0.1) is 0 Å². The molecule has 1 heterocycles. The molecule has 3 heteroatoms. The molecule has 2 nitrogen and oxygen atoms in total. The van der Waals surface area contributed by atoms with Crippen LogP contribution in [0.15, 0.2) is 11.6 Å². The van der Waals surface area contributed by atoms with Gasteiger partial charge in [-0.15, -0.1) is 11.3 Å². The lowest BCUT2D eigenvalue weighted by Crippen LogP contribution is -2.17. The normalized spacial score (nSPS) is 18.8. The molecule has 1 saturated carbocycles. The van der Waals surface area contributed by atoms with Crippen molar-refractivity contribution in [3.8, 4) is 0 Å². The van der Waals surface area contributed by atoms with Crippen LogP contribution in [0.2, 0.25) is 0 Å². The van der Waals surface area contributed by atoms with Crippen molar-refractivity contribution < 1.29 is 4.79 Å². The summed E-state index contributed by atoms with van der Waals surface area (Å²) in [5.74, 6) is 0.537. The molecule has 1 aromatic rings. The van der Waals surface area contributed by atoms with Gasteiger partial charge < -0.3 is 0 Å². The van der Waals surface area contributed by atoms with Gasteiger partial charge in [0.2, 0.25) is 0 Å². The zero-order valence-electron chi connectivity index (χ0n) is 7.53. The van der Waals surface area contributed by atoms with Crippen molar-refractivity contribution >= 4 is 17.1 Å². The van der Waals surface area contributed by atoms with Crippen LogP contribution in [0.3, 0.4) is 0 Å². The molecule has 1 aliphatic carbocycles. The van der Waals surface area contributed by atoms with Gasteiger partial charge in [-0.3, -0.25) is 4.79 Å². The summed E-state index contributed by atoms with van der Waals surface area (Å²) in [6.45, 7) is 0. The summed E-state index contributed by atoms with van der Waals surface area (Å²) < 4.78 is 0. The number of ketones is 1.